The zero-order valence-electron chi connectivity index (χ0n) is 7.87. The number of allylic oxidation sites excluding steroid dienone is 1. The first-order chi connectivity index (χ1) is 6.75. The second-order valence-corrected chi connectivity index (χ2v) is 3.16. The Labute approximate surface area is 81.9 Å². The van der Waals surface area contributed by atoms with E-state index in [1.165, 1.54) is 13.0 Å². The van der Waals surface area contributed by atoms with Crippen LogP contribution in [0.25, 0.3) is 17.0 Å². The normalized spacial score (nSPS) is 12.0. The molecule has 0 unspecified atom stereocenters. The average molecular weight is 187 g/mol. The average Bonchev–Trinajstić information content (AvgIpc) is 2.17. The van der Waals surface area contributed by atoms with E-state index in [0.717, 1.165) is 10.9 Å². The molecule has 0 bridgehead atoms. The van der Waals surface area contributed by atoms with Crippen LogP contribution in [0.5, 0.6) is 0 Å². The van der Waals surface area contributed by atoms with Crippen LogP contribution in [-0.4, -0.2) is 4.98 Å². The van der Waals surface area contributed by atoms with Gasteiger partial charge in [-0.2, -0.15) is 0 Å². The molecule has 0 aliphatic rings. The molecule has 1 heterocycles. The number of para-hydroxylation sites is 1. The second-order valence-electron chi connectivity index (χ2n) is 3.16. The summed E-state index contributed by atoms with van der Waals surface area (Å²) in [4.78, 5) is 4.30. The Hall–Kier alpha value is -1.70. The monoisotopic (exact) mass is 187 g/mol. The van der Waals surface area contributed by atoms with E-state index in [9.17, 15) is 4.39 Å². The number of aromatic nitrogens is 1. The van der Waals surface area contributed by atoms with Gasteiger partial charge in [-0.25, -0.2) is 9.37 Å². The van der Waals surface area contributed by atoms with Gasteiger partial charge in [0.15, 0.2) is 0 Å². The van der Waals surface area contributed by atoms with Crippen LogP contribution in [0, 0.1) is 0 Å². The Balaban J connectivity index is 2.57. The van der Waals surface area contributed by atoms with Crippen molar-refractivity contribution in [2.45, 2.75) is 6.92 Å². The summed E-state index contributed by atoms with van der Waals surface area (Å²) in [5.74, 6) is -0.229. The molecular weight excluding hydrogens is 177 g/mol. The molecule has 2 heteroatoms. The molecule has 0 saturated carbocycles. The van der Waals surface area contributed by atoms with Gasteiger partial charge in [0.1, 0.15) is 0 Å². The van der Waals surface area contributed by atoms with E-state index >= 15 is 0 Å². The van der Waals surface area contributed by atoms with Gasteiger partial charge in [0.05, 0.1) is 17.0 Å². The Morgan fingerprint density at radius 2 is 2.00 bits per heavy atom. The van der Waals surface area contributed by atoms with E-state index in [2.05, 4.69) is 4.98 Å². The van der Waals surface area contributed by atoms with Crippen LogP contribution in [0.15, 0.2) is 42.2 Å². The summed E-state index contributed by atoms with van der Waals surface area (Å²) in [6.45, 7) is 1.41. The van der Waals surface area contributed by atoms with E-state index < -0.39 is 0 Å². The van der Waals surface area contributed by atoms with Crippen molar-refractivity contribution in [3.05, 3.63) is 47.9 Å². The lowest BCUT2D eigenvalue weighted by Crippen LogP contribution is -1.82. The number of halogens is 1. The fraction of sp³-hybridized carbons (Fsp3) is 0.0833. The van der Waals surface area contributed by atoms with Crippen molar-refractivity contribution in [1.82, 2.24) is 4.98 Å². The first-order valence-electron chi connectivity index (χ1n) is 4.45. The summed E-state index contributed by atoms with van der Waals surface area (Å²) in [6.07, 6.45) is 1.42. The first kappa shape index (κ1) is 8.88. The van der Waals surface area contributed by atoms with Crippen LogP contribution in [0.1, 0.15) is 12.6 Å². The van der Waals surface area contributed by atoms with Crippen molar-refractivity contribution in [2.24, 2.45) is 0 Å². The van der Waals surface area contributed by atoms with Crippen LogP contribution < -0.4 is 0 Å². The molecule has 2 rings (SSSR count). The third-order valence-corrected chi connectivity index (χ3v) is 1.97. The van der Waals surface area contributed by atoms with Crippen molar-refractivity contribution in [1.29, 1.82) is 0 Å². The molecule has 1 aromatic heterocycles. The summed E-state index contributed by atoms with van der Waals surface area (Å²) in [5, 5.41) is 1.07. The molecule has 1 nitrogen and oxygen atoms in total. The number of rotatable bonds is 1. The van der Waals surface area contributed by atoms with Crippen molar-refractivity contribution < 1.29 is 4.39 Å². The number of benzene rings is 1. The largest absolute Gasteiger partial charge is 0.248 e. The van der Waals surface area contributed by atoms with Crippen LogP contribution in [0.3, 0.4) is 0 Å². The highest BCUT2D eigenvalue weighted by molar-refractivity contribution is 5.79. The zero-order chi connectivity index (χ0) is 9.97. The Morgan fingerprint density at radius 1 is 1.21 bits per heavy atom. The van der Waals surface area contributed by atoms with Gasteiger partial charge in [0.2, 0.25) is 0 Å². The number of pyridine rings is 1. The Kier molecular flexibility index (Phi) is 2.27. The molecule has 0 amide bonds. The quantitative estimate of drug-likeness (QED) is 0.665. The number of hydrogen-bond donors (Lipinski definition) is 0. The summed E-state index contributed by atoms with van der Waals surface area (Å²) < 4.78 is 12.6. The van der Waals surface area contributed by atoms with Crippen molar-refractivity contribution in [3.63, 3.8) is 0 Å². The lowest BCUT2D eigenvalue weighted by Gasteiger charge is -1.97. The lowest BCUT2D eigenvalue weighted by molar-refractivity contribution is 0.648. The van der Waals surface area contributed by atoms with Gasteiger partial charge in [0, 0.05) is 5.39 Å². The van der Waals surface area contributed by atoms with Gasteiger partial charge in [-0.15, -0.1) is 0 Å². The minimum absolute atomic E-state index is 0.229. The summed E-state index contributed by atoms with van der Waals surface area (Å²) >= 11 is 0. The van der Waals surface area contributed by atoms with Gasteiger partial charge in [0.25, 0.3) is 0 Å². The van der Waals surface area contributed by atoms with Crippen LogP contribution in [0.2, 0.25) is 0 Å². The van der Waals surface area contributed by atoms with Crippen molar-refractivity contribution in [2.75, 3.05) is 0 Å². The van der Waals surface area contributed by atoms with E-state index in [1.807, 2.05) is 36.4 Å². The lowest BCUT2D eigenvalue weighted by atomic mass is 10.2. The van der Waals surface area contributed by atoms with Crippen LogP contribution >= 0.6 is 0 Å². The Morgan fingerprint density at radius 3 is 2.79 bits per heavy atom. The summed E-state index contributed by atoms with van der Waals surface area (Å²) in [5.41, 5.74) is 1.55. The first-order valence-corrected chi connectivity index (χ1v) is 4.45. The van der Waals surface area contributed by atoms with Gasteiger partial charge < -0.3 is 0 Å². The molecule has 0 saturated heterocycles. The molecule has 0 spiro atoms. The van der Waals surface area contributed by atoms with E-state index in [-0.39, 0.29) is 5.83 Å². The van der Waals surface area contributed by atoms with E-state index in [0.29, 0.717) is 5.69 Å². The third-order valence-electron chi connectivity index (χ3n) is 1.97. The molecule has 70 valence electrons. The zero-order valence-corrected chi connectivity index (χ0v) is 7.87. The molecule has 0 N–H and O–H groups in total. The summed E-state index contributed by atoms with van der Waals surface area (Å²) in [7, 11) is 0. The molecule has 0 atom stereocenters. The predicted octanol–water partition coefficient (Wildman–Crippen LogP) is 3.57. The molecule has 0 fully saturated rings. The Bertz CT molecular complexity index is 484. The maximum absolute atomic E-state index is 12.6. The molecule has 14 heavy (non-hydrogen) atoms. The summed E-state index contributed by atoms with van der Waals surface area (Å²) in [6, 6.07) is 11.5. The van der Waals surface area contributed by atoms with Gasteiger partial charge in [-0.3, -0.25) is 0 Å². The molecule has 0 aliphatic carbocycles. The maximum Gasteiger partial charge on any atom is 0.0990 e. The topological polar surface area (TPSA) is 12.9 Å². The molecule has 2 aromatic rings. The molecule has 0 aliphatic heterocycles. The molecular formula is C12H10FN. The maximum atomic E-state index is 12.6. The molecule has 0 radical (unpaired) electrons. The van der Waals surface area contributed by atoms with Gasteiger partial charge in [-0.05, 0) is 25.1 Å². The highest BCUT2D eigenvalue weighted by Crippen LogP contribution is 2.13. The van der Waals surface area contributed by atoms with E-state index in [1.54, 1.807) is 0 Å². The highest BCUT2D eigenvalue weighted by Gasteiger charge is 1.95. The van der Waals surface area contributed by atoms with Crippen LogP contribution in [-0.2, 0) is 0 Å². The van der Waals surface area contributed by atoms with Crippen molar-refractivity contribution >= 4 is 17.0 Å². The fourth-order valence-corrected chi connectivity index (χ4v) is 1.37. The predicted molar refractivity (Wildman–Crippen MR) is 56.5 cm³/mol. The fourth-order valence-electron chi connectivity index (χ4n) is 1.37. The number of hydrogen-bond acceptors (Lipinski definition) is 1. The highest BCUT2D eigenvalue weighted by atomic mass is 19.1. The van der Waals surface area contributed by atoms with Crippen LogP contribution in [0.4, 0.5) is 4.39 Å². The third kappa shape index (κ3) is 1.79. The molecule has 1 aromatic carbocycles. The minimum atomic E-state index is -0.229. The smallest absolute Gasteiger partial charge is 0.0990 e. The number of fused-ring (bicyclic) bond motifs is 1. The minimum Gasteiger partial charge on any atom is -0.248 e. The number of nitrogens with zero attached hydrogens (tertiary/aromatic N) is 1. The van der Waals surface area contributed by atoms with Crippen molar-refractivity contribution in [3.8, 4) is 0 Å². The van der Waals surface area contributed by atoms with Gasteiger partial charge in [-0.1, -0.05) is 24.3 Å². The second kappa shape index (κ2) is 3.58. The van der Waals surface area contributed by atoms with Gasteiger partial charge >= 0.3 is 0 Å². The van der Waals surface area contributed by atoms with E-state index in [4.69, 9.17) is 0 Å². The SMILES string of the molecule is C/C(F)=C/c1ccc2ccccc2n1. The standard InChI is InChI=1S/C12H10FN/c1-9(13)8-11-7-6-10-4-2-3-5-12(10)14-11/h2-8H,1H3/b9-8-.